The summed E-state index contributed by atoms with van der Waals surface area (Å²) in [5.74, 6) is 1.68. The Kier molecular flexibility index (Phi) is 3.44. The number of hydrogen-bond donors (Lipinski definition) is 1. The van der Waals surface area contributed by atoms with Crippen molar-refractivity contribution < 1.29 is 0 Å². The minimum absolute atomic E-state index is 0.241. The van der Waals surface area contributed by atoms with Crippen LogP contribution in [-0.4, -0.2) is 13.5 Å². The molecule has 1 rings (SSSR count). The van der Waals surface area contributed by atoms with Gasteiger partial charge in [-0.2, -0.15) is 0 Å². The molecule has 2 heteroatoms. The van der Waals surface area contributed by atoms with Crippen LogP contribution in [0.1, 0.15) is 37.5 Å². The van der Waals surface area contributed by atoms with Crippen molar-refractivity contribution >= 4 is 13.5 Å². The Morgan fingerprint density at radius 1 is 1.12 bits per heavy atom. The van der Waals surface area contributed by atoms with Crippen LogP contribution < -0.4 is 5.73 Å². The van der Waals surface area contributed by atoms with Crippen LogP contribution in [0.25, 0.3) is 0 Å². The Hall–Kier alpha value is -0.885. The molecule has 1 nitrogen and oxygen atoms in total. The molecular weight excluding hydrogens is 193 g/mol. The van der Waals surface area contributed by atoms with Gasteiger partial charge < -0.3 is 0 Å². The molecule has 0 heterocycles. The van der Waals surface area contributed by atoms with Crippen molar-refractivity contribution in [3.8, 4) is 0 Å². The molecule has 0 spiro atoms. The Labute approximate surface area is 100 Å². The third kappa shape index (κ3) is 2.12. The average Bonchev–Trinajstić information content (AvgIpc) is 2.21. The van der Waals surface area contributed by atoms with Crippen molar-refractivity contribution in [2.45, 2.75) is 40.2 Å². The Balaban J connectivity index is 3.27. The second kappa shape index (κ2) is 4.17. The molecule has 0 amide bonds. The summed E-state index contributed by atoms with van der Waals surface area (Å²) >= 11 is 0. The standard InChI is InChI=1S/C14H21BN/c1-10-6-7-12(8-11(10)2)14(5,16)13(3,4)9-15/h6-9H,16H2,1-5H3/t14-/m1/s1. The fourth-order valence-electron chi connectivity index (χ4n) is 1.61. The van der Waals surface area contributed by atoms with Gasteiger partial charge in [-0.1, -0.05) is 0 Å². The fourth-order valence-corrected chi connectivity index (χ4v) is 1.61. The molecule has 1 aromatic rings. The predicted molar refractivity (Wildman–Crippen MR) is 73.1 cm³/mol. The van der Waals surface area contributed by atoms with Gasteiger partial charge in [-0.15, -0.1) is 0 Å². The van der Waals surface area contributed by atoms with Crippen LogP contribution in [0, 0.1) is 19.3 Å². The van der Waals surface area contributed by atoms with E-state index in [0.29, 0.717) is 0 Å². The van der Waals surface area contributed by atoms with Crippen molar-refractivity contribution in [3.05, 3.63) is 34.9 Å². The number of benzene rings is 1. The van der Waals surface area contributed by atoms with Crippen LogP contribution >= 0.6 is 0 Å². The summed E-state index contributed by atoms with van der Waals surface area (Å²) in [4.78, 5) is 0. The average molecular weight is 214 g/mol. The van der Waals surface area contributed by atoms with Crippen LogP contribution in [0.5, 0.6) is 0 Å². The molecule has 85 valence electrons. The topological polar surface area (TPSA) is 26.0 Å². The molecular formula is C14H21BN. The molecule has 2 N–H and O–H groups in total. The van der Waals surface area contributed by atoms with E-state index >= 15 is 0 Å². The van der Waals surface area contributed by atoms with Gasteiger partial charge in [0.1, 0.15) is 0 Å². The summed E-state index contributed by atoms with van der Waals surface area (Å²) in [7, 11) is 5.69. The number of aryl methyl sites for hydroxylation is 2. The van der Waals surface area contributed by atoms with Crippen molar-refractivity contribution in [1.29, 1.82) is 0 Å². The van der Waals surface area contributed by atoms with E-state index < -0.39 is 5.54 Å². The minimum atomic E-state index is -0.458. The molecule has 0 unspecified atom stereocenters. The first-order valence-corrected chi connectivity index (χ1v) is 5.65. The molecule has 0 aliphatic rings. The number of hydrogen-bond acceptors (Lipinski definition) is 1. The van der Waals surface area contributed by atoms with Gasteiger partial charge >= 0.3 is 99.6 Å². The number of rotatable bonds is 3. The van der Waals surface area contributed by atoms with E-state index in [1.54, 1.807) is 5.97 Å². The van der Waals surface area contributed by atoms with Gasteiger partial charge in [-0.25, -0.2) is 0 Å². The SMILES string of the molecule is [B]=CC(C)(C)[C@](C)(N)c1ccc(C)c(C)c1. The van der Waals surface area contributed by atoms with Crippen molar-refractivity contribution in [2.75, 3.05) is 0 Å². The van der Waals surface area contributed by atoms with Gasteiger partial charge in [0, 0.05) is 0 Å². The zero-order chi connectivity index (χ0) is 12.6. The van der Waals surface area contributed by atoms with Crippen molar-refractivity contribution in [3.63, 3.8) is 0 Å². The van der Waals surface area contributed by atoms with Crippen LogP contribution in [0.4, 0.5) is 0 Å². The first-order valence-electron chi connectivity index (χ1n) is 5.65. The van der Waals surface area contributed by atoms with E-state index in [2.05, 4.69) is 45.9 Å². The van der Waals surface area contributed by atoms with E-state index in [4.69, 9.17) is 13.2 Å². The third-order valence-corrected chi connectivity index (χ3v) is 3.86. The van der Waals surface area contributed by atoms with E-state index in [-0.39, 0.29) is 5.41 Å². The Bertz CT molecular complexity index is 405. The van der Waals surface area contributed by atoms with E-state index in [1.165, 1.54) is 11.1 Å². The van der Waals surface area contributed by atoms with Gasteiger partial charge in [0.05, 0.1) is 0 Å². The first kappa shape index (κ1) is 13.2. The van der Waals surface area contributed by atoms with Gasteiger partial charge in [0.25, 0.3) is 0 Å². The third-order valence-electron chi connectivity index (χ3n) is 3.86. The van der Waals surface area contributed by atoms with Crippen LogP contribution in [-0.2, 0) is 5.54 Å². The molecule has 1 aromatic carbocycles. The zero-order valence-corrected chi connectivity index (χ0v) is 11.0. The molecule has 1 atom stereocenters. The summed E-state index contributed by atoms with van der Waals surface area (Å²) < 4.78 is 0. The second-order valence-corrected chi connectivity index (χ2v) is 5.39. The van der Waals surface area contributed by atoms with Gasteiger partial charge in [-0.05, 0) is 0 Å². The molecule has 0 saturated heterocycles. The molecule has 0 saturated carbocycles. The van der Waals surface area contributed by atoms with Gasteiger partial charge in [0.15, 0.2) is 0 Å². The zero-order valence-electron chi connectivity index (χ0n) is 11.0. The summed E-state index contributed by atoms with van der Waals surface area (Å²) in [6.45, 7) is 10.4. The molecule has 0 fully saturated rings. The van der Waals surface area contributed by atoms with Gasteiger partial charge in [0.2, 0.25) is 0 Å². The van der Waals surface area contributed by atoms with Crippen LogP contribution in [0.3, 0.4) is 0 Å². The van der Waals surface area contributed by atoms with E-state index in [0.717, 1.165) is 5.56 Å². The van der Waals surface area contributed by atoms with Crippen molar-refractivity contribution in [2.24, 2.45) is 11.1 Å². The second-order valence-electron chi connectivity index (χ2n) is 5.39. The van der Waals surface area contributed by atoms with Gasteiger partial charge in [-0.3, -0.25) is 0 Å². The molecule has 1 radical (unpaired) electrons. The molecule has 0 aromatic heterocycles. The molecule has 0 aliphatic heterocycles. The molecule has 0 bridgehead atoms. The van der Waals surface area contributed by atoms with E-state index in [1.807, 2.05) is 6.92 Å². The molecule has 16 heavy (non-hydrogen) atoms. The van der Waals surface area contributed by atoms with E-state index in [9.17, 15) is 0 Å². The van der Waals surface area contributed by atoms with Crippen molar-refractivity contribution in [1.82, 2.24) is 0 Å². The number of nitrogens with two attached hydrogens (primary N) is 1. The van der Waals surface area contributed by atoms with Crippen LogP contribution in [0.2, 0.25) is 0 Å². The Morgan fingerprint density at radius 2 is 1.69 bits per heavy atom. The first-order chi connectivity index (χ1) is 7.22. The Morgan fingerprint density at radius 3 is 2.12 bits per heavy atom. The normalized spacial score (nSPS) is 15.6. The monoisotopic (exact) mass is 214 g/mol. The van der Waals surface area contributed by atoms with Crippen LogP contribution in [0.15, 0.2) is 18.2 Å². The molecule has 0 aliphatic carbocycles. The summed E-state index contributed by atoms with van der Waals surface area (Å²) in [5.41, 5.74) is 9.41. The maximum atomic E-state index is 6.43. The summed E-state index contributed by atoms with van der Waals surface area (Å²) in [5, 5.41) is 0. The summed E-state index contributed by atoms with van der Waals surface area (Å²) in [6.07, 6.45) is 0. The predicted octanol–water partition coefficient (Wildman–Crippen LogP) is 2.47. The fraction of sp³-hybridized carbons (Fsp3) is 0.500. The summed E-state index contributed by atoms with van der Waals surface area (Å²) in [6, 6.07) is 6.36. The maximum absolute atomic E-state index is 6.43. The quantitative estimate of drug-likeness (QED) is 0.768.